The average molecular weight is 445 g/mol. The number of anilines is 2. The van der Waals surface area contributed by atoms with E-state index in [9.17, 15) is 13.2 Å². The molecule has 2 fully saturated rings. The normalized spacial score (nSPS) is 18.7. The minimum absolute atomic E-state index is 0.183. The molecule has 8 nitrogen and oxygen atoms in total. The second kappa shape index (κ2) is 9.35. The minimum Gasteiger partial charge on any atom is -0.379 e. The lowest BCUT2D eigenvalue weighted by atomic mass is 10.2. The number of sulfonamides is 1. The largest absolute Gasteiger partial charge is 0.379 e. The summed E-state index contributed by atoms with van der Waals surface area (Å²) in [6, 6.07) is 13.9. The van der Waals surface area contributed by atoms with Gasteiger partial charge in [0.15, 0.2) is 0 Å². The Morgan fingerprint density at radius 3 is 2.10 bits per heavy atom. The van der Waals surface area contributed by atoms with Gasteiger partial charge in [0, 0.05) is 56.2 Å². The van der Waals surface area contributed by atoms with E-state index in [4.69, 9.17) is 4.74 Å². The predicted octanol–water partition coefficient (Wildman–Crippen LogP) is 1.71. The first kappa shape index (κ1) is 21.8. The molecule has 0 radical (unpaired) electrons. The molecule has 9 heteroatoms. The molecule has 166 valence electrons. The van der Waals surface area contributed by atoms with Gasteiger partial charge >= 0.3 is 0 Å². The maximum absolute atomic E-state index is 12.7. The number of carbonyl (C=O) groups is 1. The number of ether oxygens (including phenoxy) is 1. The van der Waals surface area contributed by atoms with Crippen LogP contribution < -0.4 is 10.2 Å². The van der Waals surface area contributed by atoms with Gasteiger partial charge in [0.2, 0.25) is 10.0 Å². The summed E-state index contributed by atoms with van der Waals surface area (Å²) in [5, 5.41) is 2.87. The van der Waals surface area contributed by atoms with Crippen molar-refractivity contribution in [1.82, 2.24) is 9.21 Å². The van der Waals surface area contributed by atoms with Crippen LogP contribution in [0.5, 0.6) is 0 Å². The Kier molecular flexibility index (Phi) is 6.57. The number of hydrogen-bond acceptors (Lipinski definition) is 6. The molecule has 0 saturated carbocycles. The number of rotatable bonds is 5. The highest BCUT2D eigenvalue weighted by Crippen LogP contribution is 2.21. The molecule has 2 aliphatic heterocycles. The van der Waals surface area contributed by atoms with E-state index in [0.717, 1.165) is 31.9 Å². The molecule has 2 aliphatic rings. The Hall–Kier alpha value is -2.46. The fraction of sp³-hybridized carbons (Fsp3) is 0.409. The van der Waals surface area contributed by atoms with Crippen LogP contribution in [0.4, 0.5) is 11.4 Å². The van der Waals surface area contributed by atoms with Crippen molar-refractivity contribution < 1.29 is 17.9 Å². The maximum Gasteiger partial charge on any atom is 0.255 e. The van der Waals surface area contributed by atoms with Gasteiger partial charge < -0.3 is 19.9 Å². The van der Waals surface area contributed by atoms with E-state index in [-0.39, 0.29) is 10.8 Å². The highest BCUT2D eigenvalue weighted by atomic mass is 32.2. The molecule has 1 amide bonds. The van der Waals surface area contributed by atoms with Gasteiger partial charge in [0.05, 0.1) is 18.1 Å². The van der Waals surface area contributed by atoms with Crippen LogP contribution in [0.1, 0.15) is 10.4 Å². The van der Waals surface area contributed by atoms with E-state index >= 15 is 0 Å². The smallest absolute Gasteiger partial charge is 0.255 e. The average Bonchev–Trinajstić information content (AvgIpc) is 2.81. The second-order valence-corrected chi connectivity index (χ2v) is 9.77. The van der Waals surface area contributed by atoms with E-state index in [1.807, 2.05) is 24.3 Å². The van der Waals surface area contributed by atoms with Gasteiger partial charge in [-0.1, -0.05) is 0 Å². The van der Waals surface area contributed by atoms with Crippen molar-refractivity contribution in [2.45, 2.75) is 4.90 Å². The van der Waals surface area contributed by atoms with Crippen LogP contribution in [0.25, 0.3) is 0 Å². The molecule has 0 aromatic heterocycles. The minimum atomic E-state index is -3.57. The standard InChI is InChI=1S/C22H28N4O4S/c1-24-10-12-25(13-11-24)20-6-4-19(5-7-20)23-22(27)18-2-8-21(9-3-18)31(28,29)26-14-16-30-17-15-26/h2-9H,10-17H2,1H3,(H,23,27). The number of benzene rings is 2. The van der Waals surface area contributed by atoms with E-state index in [1.54, 1.807) is 12.1 Å². The summed E-state index contributed by atoms with van der Waals surface area (Å²) in [5.74, 6) is -0.275. The molecule has 0 unspecified atom stereocenters. The molecule has 1 N–H and O–H groups in total. The lowest BCUT2D eigenvalue weighted by Crippen LogP contribution is -2.44. The third-order valence-corrected chi connectivity index (χ3v) is 7.63. The lowest BCUT2D eigenvalue weighted by Gasteiger charge is -2.34. The van der Waals surface area contributed by atoms with Crippen LogP contribution in [0.15, 0.2) is 53.4 Å². The number of morpholine rings is 1. The quantitative estimate of drug-likeness (QED) is 0.756. The van der Waals surface area contributed by atoms with Crippen LogP contribution >= 0.6 is 0 Å². The van der Waals surface area contributed by atoms with E-state index in [0.29, 0.717) is 37.6 Å². The topological polar surface area (TPSA) is 82.2 Å². The summed E-state index contributed by atoms with van der Waals surface area (Å²) in [7, 11) is -1.44. The first-order valence-corrected chi connectivity index (χ1v) is 11.9. The van der Waals surface area contributed by atoms with Crippen molar-refractivity contribution in [2.24, 2.45) is 0 Å². The monoisotopic (exact) mass is 444 g/mol. The third-order valence-electron chi connectivity index (χ3n) is 5.72. The van der Waals surface area contributed by atoms with E-state index in [2.05, 4.69) is 22.2 Å². The van der Waals surface area contributed by atoms with Gasteiger partial charge in [-0.05, 0) is 55.6 Å². The van der Waals surface area contributed by atoms with Crippen molar-refractivity contribution in [3.63, 3.8) is 0 Å². The fourth-order valence-corrected chi connectivity index (χ4v) is 5.15. The fourth-order valence-electron chi connectivity index (χ4n) is 3.74. The lowest BCUT2D eigenvalue weighted by molar-refractivity contribution is 0.0730. The van der Waals surface area contributed by atoms with Gasteiger partial charge in [-0.15, -0.1) is 0 Å². The molecular weight excluding hydrogens is 416 g/mol. The van der Waals surface area contributed by atoms with Gasteiger partial charge in [0.25, 0.3) is 5.91 Å². The Morgan fingerprint density at radius 2 is 1.48 bits per heavy atom. The summed E-state index contributed by atoms with van der Waals surface area (Å²) in [6.45, 7) is 5.53. The molecule has 0 spiro atoms. The summed E-state index contributed by atoms with van der Waals surface area (Å²) in [4.78, 5) is 17.4. The molecule has 2 aromatic rings. The summed E-state index contributed by atoms with van der Waals surface area (Å²) >= 11 is 0. The zero-order chi connectivity index (χ0) is 21.8. The number of amides is 1. The number of carbonyl (C=O) groups excluding carboxylic acids is 1. The Balaban J connectivity index is 1.38. The summed E-state index contributed by atoms with van der Waals surface area (Å²) in [5.41, 5.74) is 2.25. The molecule has 0 atom stereocenters. The van der Waals surface area contributed by atoms with Gasteiger partial charge in [-0.2, -0.15) is 4.31 Å². The van der Waals surface area contributed by atoms with Crippen molar-refractivity contribution >= 4 is 27.3 Å². The van der Waals surface area contributed by atoms with Crippen LogP contribution in [0.2, 0.25) is 0 Å². The van der Waals surface area contributed by atoms with Crippen molar-refractivity contribution in [3.05, 3.63) is 54.1 Å². The Bertz CT molecular complexity index is 995. The molecule has 0 bridgehead atoms. The molecule has 0 aliphatic carbocycles. The number of likely N-dealkylation sites (N-methyl/N-ethyl adjacent to an activating group) is 1. The maximum atomic E-state index is 12.7. The van der Waals surface area contributed by atoms with E-state index < -0.39 is 10.0 Å². The molecular formula is C22H28N4O4S. The summed E-state index contributed by atoms with van der Waals surface area (Å²) < 4.78 is 32.0. The number of nitrogens with one attached hydrogen (secondary N) is 1. The predicted molar refractivity (Wildman–Crippen MR) is 120 cm³/mol. The Morgan fingerprint density at radius 1 is 0.871 bits per heavy atom. The van der Waals surface area contributed by atoms with Gasteiger partial charge in [-0.3, -0.25) is 4.79 Å². The Labute approximate surface area is 183 Å². The molecule has 2 aromatic carbocycles. The van der Waals surface area contributed by atoms with Gasteiger partial charge in [-0.25, -0.2) is 8.42 Å². The zero-order valence-electron chi connectivity index (χ0n) is 17.7. The first-order chi connectivity index (χ1) is 14.9. The number of piperazine rings is 1. The highest BCUT2D eigenvalue weighted by Gasteiger charge is 2.26. The summed E-state index contributed by atoms with van der Waals surface area (Å²) in [6.07, 6.45) is 0. The zero-order valence-corrected chi connectivity index (χ0v) is 18.5. The first-order valence-electron chi connectivity index (χ1n) is 10.5. The van der Waals surface area contributed by atoms with Crippen LogP contribution in [-0.2, 0) is 14.8 Å². The third kappa shape index (κ3) is 5.07. The molecule has 4 rings (SSSR count). The molecule has 2 heterocycles. The number of nitrogens with zero attached hydrogens (tertiary/aromatic N) is 3. The molecule has 31 heavy (non-hydrogen) atoms. The van der Waals surface area contributed by atoms with Gasteiger partial charge in [0.1, 0.15) is 0 Å². The van der Waals surface area contributed by atoms with E-state index in [1.165, 1.54) is 16.4 Å². The van der Waals surface area contributed by atoms with Crippen molar-refractivity contribution in [2.75, 3.05) is 69.7 Å². The van der Waals surface area contributed by atoms with Crippen LogP contribution in [0.3, 0.4) is 0 Å². The highest BCUT2D eigenvalue weighted by molar-refractivity contribution is 7.89. The van der Waals surface area contributed by atoms with Crippen molar-refractivity contribution in [3.8, 4) is 0 Å². The van der Waals surface area contributed by atoms with Crippen LogP contribution in [0, 0.1) is 0 Å². The number of hydrogen-bond donors (Lipinski definition) is 1. The van der Waals surface area contributed by atoms with Crippen molar-refractivity contribution in [1.29, 1.82) is 0 Å². The van der Waals surface area contributed by atoms with Crippen LogP contribution in [-0.4, -0.2) is 83.1 Å². The SMILES string of the molecule is CN1CCN(c2ccc(NC(=O)c3ccc(S(=O)(=O)N4CCOCC4)cc3)cc2)CC1. The molecule has 2 saturated heterocycles. The second-order valence-electron chi connectivity index (χ2n) is 7.83.